The van der Waals surface area contributed by atoms with Gasteiger partial charge in [-0.3, -0.25) is 4.79 Å². The summed E-state index contributed by atoms with van der Waals surface area (Å²) in [6.07, 6.45) is 1.72. The van der Waals surface area contributed by atoms with Crippen molar-refractivity contribution in [1.29, 1.82) is 0 Å². The monoisotopic (exact) mass is 394 g/mol. The summed E-state index contributed by atoms with van der Waals surface area (Å²) in [4.78, 5) is 21.5. The highest BCUT2D eigenvalue weighted by atomic mass is 16.1. The maximum absolute atomic E-state index is 12.6. The van der Waals surface area contributed by atoms with Gasteiger partial charge in [0, 0.05) is 29.6 Å². The van der Waals surface area contributed by atoms with Crippen LogP contribution < -0.4 is 10.6 Å². The lowest BCUT2D eigenvalue weighted by atomic mass is 10.1. The van der Waals surface area contributed by atoms with Gasteiger partial charge in [0.2, 0.25) is 0 Å². The molecule has 1 heterocycles. The molecule has 5 heteroatoms. The Hall–Kier alpha value is -3.99. The summed E-state index contributed by atoms with van der Waals surface area (Å²) in [5.41, 5.74) is 4.58. The molecule has 0 aliphatic rings. The van der Waals surface area contributed by atoms with Gasteiger partial charge in [0.15, 0.2) is 5.82 Å². The van der Waals surface area contributed by atoms with Crippen molar-refractivity contribution in [3.63, 3.8) is 0 Å². The summed E-state index contributed by atoms with van der Waals surface area (Å²) < 4.78 is 0. The van der Waals surface area contributed by atoms with E-state index in [0.717, 1.165) is 16.8 Å². The first-order valence-corrected chi connectivity index (χ1v) is 9.77. The van der Waals surface area contributed by atoms with Crippen LogP contribution >= 0.6 is 0 Å². The molecule has 1 amide bonds. The van der Waals surface area contributed by atoms with Crippen LogP contribution in [0.15, 0.2) is 91.1 Å². The molecule has 1 aromatic heterocycles. The number of nitrogens with one attached hydrogen (secondary N) is 2. The Balaban J connectivity index is 1.45. The van der Waals surface area contributed by atoms with E-state index in [1.807, 2.05) is 73.7 Å². The molecule has 148 valence electrons. The molecule has 0 aliphatic carbocycles. The Morgan fingerprint density at radius 1 is 0.900 bits per heavy atom. The average molecular weight is 394 g/mol. The minimum Gasteiger partial charge on any atom is -0.348 e. The minimum absolute atomic E-state index is 0.118. The van der Waals surface area contributed by atoms with Crippen LogP contribution in [0, 0.1) is 6.92 Å². The fourth-order valence-electron chi connectivity index (χ4n) is 3.15. The predicted molar refractivity (Wildman–Crippen MR) is 120 cm³/mol. The molecule has 4 rings (SSSR count). The second kappa shape index (κ2) is 9.01. The number of amides is 1. The first-order chi connectivity index (χ1) is 14.7. The molecule has 0 atom stereocenters. The van der Waals surface area contributed by atoms with Crippen molar-refractivity contribution in [3.05, 3.63) is 108 Å². The number of aromatic nitrogens is 2. The highest BCUT2D eigenvalue weighted by Gasteiger charge is 2.08. The lowest BCUT2D eigenvalue weighted by Crippen LogP contribution is -2.22. The Morgan fingerprint density at radius 2 is 1.73 bits per heavy atom. The van der Waals surface area contributed by atoms with Crippen LogP contribution in [0.2, 0.25) is 0 Å². The third kappa shape index (κ3) is 4.89. The fraction of sp³-hybridized carbons (Fsp3) is 0.0800. The number of carbonyl (C=O) groups excluding carboxylic acids is 1. The molecule has 0 radical (unpaired) electrons. The largest absolute Gasteiger partial charge is 0.348 e. The molecule has 3 aromatic carbocycles. The Bertz CT molecular complexity index is 1160. The molecule has 0 spiro atoms. The van der Waals surface area contributed by atoms with Crippen LogP contribution in [0.5, 0.6) is 0 Å². The van der Waals surface area contributed by atoms with Crippen molar-refractivity contribution < 1.29 is 4.79 Å². The first-order valence-electron chi connectivity index (χ1n) is 9.77. The number of benzene rings is 3. The van der Waals surface area contributed by atoms with E-state index in [-0.39, 0.29) is 5.91 Å². The van der Waals surface area contributed by atoms with Crippen LogP contribution in [0.4, 0.5) is 11.5 Å². The molecular formula is C25H22N4O. The smallest absolute Gasteiger partial charge is 0.251 e. The van der Waals surface area contributed by atoms with Gasteiger partial charge in [-0.25, -0.2) is 9.97 Å². The Morgan fingerprint density at radius 3 is 2.57 bits per heavy atom. The van der Waals surface area contributed by atoms with Crippen LogP contribution in [0.25, 0.3) is 11.4 Å². The number of carbonyl (C=O) groups is 1. The van der Waals surface area contributed by atoms with Gasteiger partial charge in [0.1, 0.15) is 5.82 Å². The van der Waals surface area contributed by atoms with Gasteiger partial charge in [-0.05, 0) is 36.8 Å². The molecular weight excluding hydrogens is 372 g/mol. The van der Waals surface area contributed by atoms with Crippen molar-refractivity contribution in [3.8, 4) is 11.4 Å². The van der Waals surface area contributed by atoms with Crippen LogP contribution in [0.1, 0.15) is 21.5 Å². The fourth-order valence-corrected chi connectivity index (χ4v) is 3.15. The zero-order valence-electron chi connectivity index (χ0n) is 16.7. The molecule has 2 N–H and O–H groups in total. The van der Waals surface area contributed by atoms with Crippen molar-refractivity contribution >= 4 is 17.4 Å². The van der Waals surface area contributed by atoms with Gasteiger partial charge >= 0.3 is 0 Å². The zero-order chi connectivity index (χ0) is 20.8. The SMILES string of the molecule is Cc1cccc(CNC(=O)c2cccc(Nc3ccnc(-c4ccccc4)n3)c2)c1. The van der Waals surface area contributed by atoms with E-state index < -0.39 is 0 Å². The van der Waals surface area contributed by atoms with Crippen molar-refractivity contribution in [2.75, 3.05) is 5.32 Å². The number of aryl methyl sites for hydroxylation is 1. The number of anilines is 2. The second-order valence-electron chi connectivity index (χ2n) is 7.01. The molecule has 30 heavy (non-hydrogen) atoms. The van der Waals surface area contributed by atoms with Crippen LogP contribution in [-0.2, 0) is 6.54 Å². The van der Waals surface area contributed by atoms with E-state index in [4.69, 9.17) is 0 Å². The molecule has 0 bridgehead atoms. The summed E-state index contributed by atoms with van der Waals surface area (Å²) in [7, 11) is 0. The zero-order valence-corrected chi connectivity index (χ0v) is 16.7. The van der Waals surface area contributed by atoms with Gasteiger partial charge in [0.25, 0.3) is 5.91 Å². The quantitative estimate of drug-likeness (QED) is 0.476. The average Bonchev–Trinajstić information content (AvgIpc) is 2.78. The van der Waals surface area contributed by atoms with Gasteiger partial charge < -0.3 is 10.6 Å². The lowest BCUT2D eigenvalue weighted by Gasteiger charge is -2.10. The van der Waals surface area contributed by atoms with E-state index in [9.17, 15) is 4.79 Å². The van der Waals surface area contributed by atoms with E-state index in [0.29, 0.717) is 23.8 Å². The van der Waals surface area contributed by atoms with Crippen molar-refractivity contribution in [2.24, 2.45) is 0 Å². The number of rotatable bonds is 6. The molecule has 0 saturated heterocycles. The lowest BCUT2D eigenvalue weighted by molar-refractivity contribution is 0.0951. The van der Waals surface area contributed by atoms with Gasteiger partial charge in [-0.2, -0.15) is 0 Å². The molecule has 0 fully saturated rings. The summed E-state index contributed by atoms with van der Waals surface area (Å²) in [5, 5.41) is 6.23. The molecule has 0 aliphatic heterocycles. The maximum atomic E-state index is 12.6. The van der Waals surface area contributed by atoms with Gasteiger partial charge in [0.05, 0.1) is 0 Å². The summed E-state index contributed by atoms with van der Waals surface area (Å²) in [5.74, 6) is 1.20. The number of hydrogen-bond donors (Lipinski definition) is 2. The highest BCUT2D eigenvalue weighted by Crippen LogP contribution is 2.19. The minimum atomic E-state index is -0.118. The van der Waals surface area contributed by atoms with Crippen molar-refractivity contribution in [1.82, 2.24) is 15.3 Å². The topological polar surface area (TPSA) is 66.9 Å². The van der Waals surface area contributed by atoms with E-state index in [2.05, 4.69) is 26.7 Å². The number of nitrogens with zero attached hydrogens (tertiary/aromatic N) is 2. The Labute approximate surface area is 175 Å². The predicted octanol–water partition coefficient (Wildman–Crippen LogP) is 5.13. The van der Waals surface area contributed by atoms with E-state index >= 15 is 0 Å². The van der Waals surface area contributed by atoms with E-state index in [1.165, 1.54) is 5.56 Å². The molecule has 0 unspecified atom stereocenters. The Kier molecular flexibility index (Phi) is 5.80. The van der Waals surface area contributed by atoms with Gasteiger partial charge in [-0.1, -0.05) is 66.2 Å². The van der Waals surface area contributed by atoms with Crippen molar-refractivity contribution in [2.45, 2.75) is 13.5 Å². The third-order valence-electron chi connectivity index (χ3n) is 4.62. The summed E-state index contributed by atoms with van der Waals surface area (Å²) in [6.45, 7) is 2.53. The highest BCUT2D eigenvalue weighted by molar-refractivity contribution is 5.95. The molecule has 5 nitrogen and oxygen atoms in total. The molecule has 0 saturated carbocycles. The maximum Gasteiger partial charge on any atom is 0.251 e. The summed E-state index contributed by atoms with van der Waals surface area (Å²) in [6, 6.07) is 27.1. The van der Waals surface area contributed by atoms with Gasteiger partial charge in [-0.15, -0.1) is 0 Å². The third-order valence-corrected chi connectivity index (χ3v) is 4.62. The first kappa shape index (κ1) is 19.3. The molecule has 4 aromatic rings. The second-order valence-corrected chi connectivity index (χ2v) is 7.01. The summed E-state index contributed by atoms with van der Waals surface area (Å²) >= 11 is 0. The number of hydrogen-bond acceptors (Lipinski definition) is 4. The normalized spacial score (nSPS) is 10.4. The van der Waals surface area contributed by atoms with Crippen LogP contribution in [0.3, 0.4) is 0 Å². The van der Waals surface area contributed by atoms with E-state index in [1.54, 1.807) is 18.3 Å². The standard InChI is InChI=1S/C25H22N4O/c1-18-7-5-8-19(15-18)17-27-25(30)21-11-6-12-22(16-21)28-23-13-14-26-24(29-23)20-9-3-2-4-10-20/h2-16H,17H2,1H3,(H,27,30)(H,26,28,29). The van der Waals surface area contributed by atoms with Crippen LogP contribution in [-0.4, -0.2) is 15.9 Å².